The molecule has 166 valence electrons. The molecule has 3 saturated heterocycles. The van der Waals surface area contributed by atoms with E-state index < -0.39 is 9.84 Å². The van der Waals surface area contributed by atoms with Crippen LogP contribution in [0.1, 0.15) is 24.8 Å². The predicted octanol–water partition coefficient (Wildman–Crippen LogP) is 0.572. The molecule has 0 radical (unpaired) electrons. The number of rotatable bonds is 6. The second-order valence-electron chi connectivity index (χ2n) is 8.97. The van der Waals surface area contributed by atoms with Crippen molar-refractivity contribution in [3.05, 3.63) is 35.9 Å². The Balaban J connectivity index is 1.13. The first-order valence-electron chi connectivity index (χ1n) is 11.2. The molecular formula is C22H34N4O3S. The highest BCUT2D eigenvalue weighted by atomic mass is 32.2. The Labute approximate surface area is 180 Å². The van der Waals surface area contributed by atoms with Crippen LogP contribution < -0.4 is 5.32 Å². The molecule has 30 heavy (non-hydrogen) atoms. The number of piperidine rings is 1. The van der Waals surface area contributed by atoms with Gasteiger partial charge in [0.05, 0.1) is 18.1 Å². The van der Waals surface area contributed by atoms with Gasteiger partial charge in [0.2, 0.25) is 5.91 Å². The molecule has 0 aliphatic carbocycles. The van der Waals surface area contributed by atoms with E-state index in [1.807, 2.05) is 6.07 Å². The molecule has 0 saturated carbocycles. The third-order valence-electron chi connectivity index (χ3n) is 6.70. The third-order valence-corrected chi connectivity index (χ3v) is 8.45. The first kappa shape index (κ1) is 21.7. The molecule has 0 bridgehead atoms. The number of sulfone groups is 1. The van der Waals surface area contributed by atoms with E-state index in [1.54, 1.807) is 0 Å². The van der Waals surface area contributed by atoms with Crippen molar-refractivity contribution in [3.8, 4) is 0 Å². The van der Waals surface area contributed by atoms with Crippen molar-refractivity contribution in [2.24, 2.45) is 0 Å². The minimum Gasteiger partial charge on any atom is -0.352 e. The Hall–Kier alpha value is -1.48. The second-order valence-corrected chi connectivity index (χ2v) is 11.2. The lowest BCUT2D eigenvalue weighted by molar-refractivity contribution is -0.123. The number of carbonyl (C=O) groups is 1. The Morgan fingerprint density at radius 2 is 1.63 bits per heavy atom. The summed E-state index contributed by atoms with van der Waals surface area (Å²) in [6.07, 6.45) is 2.76. The summed E-state index contributed by atoms with van der Waals surface area (Å²) in [5.41, 5.74) is 1.34. The smallest absolute Gasteiger partial charge is 0.234 e. The van der Waals surface area contributed by atoms with E-state index in [2.05, 4.69) is 44.3 Å². The van der Waals surface area contributed by atoms with Gasteiger partial charge in [-0.2, -0.15) is 0 Å². The fraction of sp³-hybridized carbons (Fsp3) is 0.682. The van der Waals surface area contributed by atoms with E-state index in [0.717, 1.165) is 65.1 Å². The largest absolute Gasteiger partial charge is 0.352 e. The molecule has 8 heteroatoms. The summed E-state index contributed by atoms with van der Waals surface area (Å²) in [6.45, 7) is 6.83. The zero-order valence-electron chi connectivity index (χ0n) is 17.7. The van der Waals surface area contributed by atoms with Crippen LogP contribution in [-0.2, 0) is 21.2 Å². The predicted molar refractivity (Wildman–Crippen MR) is 118 cm³/mol. The summed E-state index contributed by atoms with van der Waals surface area (Å²) < 4.78 is 23.4. The van der Waals surface area contributed by atoms with E-state index in [9.17, 15) is 13.2 Å². The lowest BCUT2D eigenvalue weighted by atomic mass is 10.0. The molecule has 1 amide bonds. The van der Waals surface area contributed by atoms with E-state index in [4.69, 9.17) is 0 Å². The highest BCUT2D eigenvalue weighted by Crippen LogP contribution is 2.19. The first-order valence-corrected chi connectivity index (χ1v) is 13.0. The Morgan fingerprint density at radius 3 is 2.27 bits per heavy atom. The van der Waals surface area contributed by atoms with Crippen molar-refractivity contribution in [1.29, 1.82) is 0 Å². The van der Waals surface area contributed by atoms with Gasteiger partial charge in [-0.05, 0) is 24.8 Å². The lowest BCUT2D eigenvalue weighted by Gasteiger charge is -2.37. The summed E-state index contributed by atoms with van der Waals surface area (Å²) >= 11 is 0. The van der Waals surface area contributed by atoms with Crippen molar-refractivity contribution in [2.75, 3.05) is 57.3 Å². The van der Waals surface area contributed by atoms with Crippen LogP contribution in [0.3, 0.4) is 0 Å². The third kappa shape index (κ3) is 6.03. The lowest BCUT2D eigenvalue weighted by Crippen LogP contribution is -2.53. The summed E-state index contributed by atoms with van der Waals surface area (Å²) in [4.78, 5) is 19.5. The van der Waals surface area contributed by atoms with Crippen LogP contribution in [0.2, 0.25) is 0 Å². The van der Waals surface area contributed by atoms with Crippen LogP contribution >= 0.6 is 0 Å². The normalized spacial score (nSPS) is 26.6. The molecule has 3 aliphatic rings. The molecule has 1 aromatic rings. The van der Waals surface area contributed by atoms with Gasteiger partial charge >= 0.3 is 0 Å². The molecule has 3 fully saturated rings. The van der Waals surface area contributed by atoms with Gasteiger partial charge in [0.1, 0.15) is 0 Å². The van der Waals surface area contributed by atoms with Crippen molar-refractivity contribution in [2.45, 2.75) is 37.9 Å². The number of hydrogen-bond donors (Lipinski definition) is 1. The van der Waals surface area contributed by atoms with Gasteiger partial charge in [-0.3, -0.25) is 19.5 Å². The van der Waals surface area contributed by atoms with Gasteiger partial charge in [0, 0.05) is 57.9 Å². The highest BCUT2D eigenvalue weighted by molar-refractivity contribution is 7.91. The zero-order valence-corrected chi connectivity index (χ0v) is 18.5. The summed E-state index contributed by atoms with van der Waals surface area (Å²) in [7, 11) is -2.84. The molecule has 1 aromatic carbocycles. The van der Waals surface area contributed by atoms with Gasteiger partial charge in [0.25, 0.3) is 0 Å². The molecule has 0 spiro atoms. The number of hydrogen-bond acceptors (Lipinski definition) is 6. The zero-order chi connectivity index (χ0) is 21.0. The molecule has 0 unspecified atom stereocenters. The molecule has 3 aliphatic heterocycles. The molecule has 0 aromatic heterocycles. The van der Waals surface area contributed by atoms with Crippen molar-refractivity contribution in [3.63, 3.8) is 0 Å². The maximum absolute atomic E-state index is 12.5. The van der Waals surface area contributed by atoms with Gasteiger partial charge in [-0.25, -0.2) is 8.42 Å². The number of amides is 1. The number of nitrogens with zero attached hydrogens (tertiary/aromatic N) is 3. The fourth-order valence-corrected chi connectivity index (χ4v) is 6.66. The van der Waals surface area contributed by atoms with Crippen molar-refractivity contribution >= 4 is 15.7 Å². The first-order chi connectivity index (χ1) is 14.5. The fourth-order valence-electron chi connectivity index (χ4n) is 4.90. The van der Waals surface area contributed by atoms with Crippen molar-refractivity contribution < 1.29 is 13.2 Å². The molecule has 4 rings (SSSR count). The van der Waals surface area contributed by atoms with E-state index >= 15 is 0 Å². The number of nitrogens with one attached hydrogen (secondary N) is 1. The van der Waals surface area contributed by atoms with E-state index in [0.29, 0.717) is 18.1 Å². The minimum absolute atomic E-state index is 0.119. The molecule has 1 N–H and O–H groups in total. The maximum atomic E-state index is 12.5. The maximum Gasteiger partial charge on any atom is 0.234 e. The number of piperazine rings is 1. The molecule has 3 heterocycles. The van der Waals surface area contributed by atoms with Crippen molar-refractivity contribution in [1.82, 2.24) is 20.0 Å². The number of benzene rings is 1. The van der Waals surface area contributed by atoms with Gasteiger partial charge in [-0.15, -0.1) is 0 Å². The SMILES string of the molecule is O=C(CN1CCN([C@H]2CCS(=O)(=O)C2)CC1)NC1CCN(Cc2ccccc2)CC1. The Morgan fingerprint density at radius 1 is 0.933 bits per heavy atom. The second kappa shape index (κ2) is 9.77. The Bertz CT molecular complexity index is 801. The van der Waals surface area contributed by atoms with Crippen LogP contribution in [0.4, 0.5) is 0 Å². The number of likely N-dealkylation sites (tertiary alicyclic amines) is 1. The summed E-state index contributed by atoms with van der Waals surface area (Å²) in [5.74, 6) is 0.745. The number of carbonyl (C=O) groups excluding carboxylic acids is 1. The van der Waals surface area contributed by atoms with Crippen LogP contribution in [-0.4, -0.2) is 98.4 Å². The summed E-state index contributed by atoms with van der Waals surface area (Å²) in [6, 6.07) is 11.0. The summed E-state index contributed by atoms with van der Waals surface area (Å²) in [5, 5.41) is 3.23. The monoisotopic (exact) mass is 434 g/mol. The Kier molecular flexibility index (Phi) is 7.08. The van der Waals surface area contributed by atoms with Gasteiger partial charge in [-0.1, -0.05) is 30.3 Å². The minimum atomic E-state index is -2.84. The average Bonchev–Trinajstić information content (AvgIpc) is 3.10. The molecule has 7 nitrogen and oxygen atoms in total. The topological polar surface area (TPSA) is 73.0 Å². The van der Waals surface area contributed by atoms with Crippen LogP contribution in [0.25, 0.3) is 0 Å². The van der Waals surface area contributed by atoms with Gasteiger partial charge in [0.15, 0.2) is 9.84 Å². The van der Waals surface area contributed by atoms with Gasteiger partial charge < -0.3 is 5.32 Å². The van der Waals surface area contributed by atoms with Crippen LogP contribution in [0, 0.1) is 0 Å². The van der Waals surface area contributed by atoms with Crippen LogP contribution in [0.5, 0.6) is 0 Å². The highest BCUT2D eigenvalue weighted by Gasteiger charge is 2.34. The standard InChI is InChI=1S/C22H34N4O3S/c27-22(17-25-11-13-26(14-12-25)21-8-15-30(28,29)18-21)23-20-6-9-24(10-7-20)16-19-4-2-1-3-5-19/h1-5,20-21H,6-18H2,(H,23,27)/t21-/m0/s1. The van der Waals surface area contributed by atoms with Crippen LogP contribution in [0.15, 0.2) is 30.3 Å². The van der Waals surface area contributed by atoms with E-state index in [-0.39, 0.29) is 18.0 Å². The quantitative estimate of drug-likeness (QED) is 0.706. The molecule has 1 atom stereocenters. The average molecular weight is 435 g/mol. The molecular weight excluding hydrogens is 400 g/mol. The van der Waals surface area contributed by atoms with E-state index in [1.165, 1.54) is 5.56 Å².